The lowest BCUT2D eigenvalue weighted by molar-refractivity contribution is -0.122. The van der Waals surface area contributed by atoms with Crippen molar-refractivity contribution in [2.75, 3.05) is 10.6 Å². The number of anilines is 2. The number of ether oxygens (including phenoxy) is 1. The lowest BCUT2D eigenvalue weighted by atomic mass is 10.2. The van der Waals surface area contributed by atoms with E-state index in [1.807, 2.05) is 6.07 Å². The first kappa shape index (κ1) is 20.9. The lowest BCUT2D eigenvalue weighted by Crippen LogP contribution is -2.30. The molecule has 3 aromatic carbocycles. The van der Waals surface area contributed by atoms with Crippen molar-refractivity contribution in [3.63, 3.8) is 0 Å². The van der Waals surface area contributed by atoms with Crippen LogP contribution in [-0.4, -0.2) is 17.9 Å². The molecule has 0 aliphatic heterocycles. The predicted octanol–water partition coefficient (Wildman–Crippen LogP) is 5.76. The first-order valence-electron chi connectivity index (χ1n) is 8.81. The van der Waals surface area contributed by atoms with Gasteiger partial charge in [-0.3, -0.25) is 9.59 Å². The zero-order chi connectivity index (χ0) is 20.8. The number of carbonyl (C=O) groups excluding carboxylic acids is 2. The van der Waals surface area contributed by atoms with Crippen molar-refractivity contribution in [3.05, 3.63) is 87.9 Å². The Morgan fingerprint density at radius 2 is 1.59 bits per heavy atom. The predicted molar refractivity (Wildman–Crippen MR) is 119 cm³/mol. The Morgan fingerprint density at radius 1 is 0.931 bits per heavy atom. The van der Waals surface area contributed by atoms with E-state index in [1.165, 1.54) is 0 Å². The summed E-state index contributed by atoms with van der Waals surface area (Å²) in [6.45, 7) is 1.64. The van der Waals surface area contributed by atoms with Gasteiger partial charge in [0.05, 0.1) is 5.02 Å². The summed E-state index contributed by atoms with van der Waals surface area (Å²) in [4.78, 5) is 24.6. The minimum atomic E-state index is -0.731. The molecule has 0 aliphatic rings. The van der Waals surface area contributed by atoms with E-state index in [1.54, 1.807) is 73.7 Å². The summed E-state index contributed by atoms with van der Waals surface area (Å²) in [6, 6.07) is 20.9. The van der Waals surface area contributed by atoms with Crippen LogP contribution in [-0.2, 0) is 4.79 Å². The minimum Gasteiger partial charge on any atom is -0.479 e. The van der Waals surface area contributed by atoms with Crippen LogP contribution < -0.4 is 15.4 Å². The fraction of sp³-hybridized carbons (Fsp3) is 0.0909. The maximum atomic E-state index is 12.4. The lowest BCUT2D eigenvalue weighted by Gasteiger charge is -2.15. The Bertz CT molecular complexity index is 1020. The Hall–Kier alpha value is -2.83. The molecule has 29 heavy (non-hydrogen) atoms. The first-order valence-corrected chi connectivity index (χ1v) is 9.98. The van der Waals surface area contributed by atoms with Gasteiger partial charge in [-0.05, 0) is 61.5 Å². The molecule has 2 amide bonds. The Morgan fingerprint density at radius 3 is 2.24 bits per heavy atom. The molecule has 5 nitrogen and oxygen atoms in total. The topological polar surface area (TPSA) is 67.4 Å². The van der Waals surface area contributed by atoms with Crippen LogP contribution in [0.1, 0.15) is 17.3 Å². The molecule has 0 saturated heterocycles. The van der Waals surface area contributed by atoms with Crippen LogP contribution in [0.4, 0.5) is 11.4 Å². The molecule has 0 aliphatic carbocycles. The van der Waals surface area contributed by atoms with Gasteiger partial charge in [0.15, 0.2) is 6.10 Å². The molecule has 1 atom stereocenters. The third-order valence-corrected chi connectivity index (χ3v) is 4.81. The number of amides is 2. The molecule has 0 spiro atoms. The van der Waals surface area contributed by atoms with Crippen molar-refractivity contribution in [2.24, 2.45) is 0 Å². The Balaban J connectivity index is 1.57. The maximum absolute atomic E-state index is 12.4. The van der Waals surface area contributed by atoms with E-state index in [4.69, 9.17) is 16.3 Å². The molecule has 0 heterocycles. The SMILES string of the molecule is CC(Oc1ccccc1Cl)C(=O)Nc1ccc(NC(=O)c2cccc(Br)c2)cc1. The highest BCUT2D eigenvalue weighted by molar-refractivity contribution is 9.10. The van der Waals surface area contributed by atoms with Gasteiger partial charge in [0.2, 0.25) is 0 Å². The summed E-state index contributed by atoms with van der Waals surface area (Å²) in [6.07, 6.45) is -0.731. The van der Waals surface area contributed by atoms with Crippen LogP contribution in [0.15, 0.2) is 77.3 Å². The Kier molecular flexibility index (Phi) is 6.90. The summed E-state index contributed by atoms with van der Waals surface area (Å²) in [5.74, 6) is -0.0804. The van der Waals surface area contributed by atoms with Crippen molar-refractivity contribution in [3.8, 4) is 5.75 Å². The van der Waals surface area contributed by atoms with E-state index in [-0.39, 0.29) is 11.8 Å². The van der Waals surface area contributed by atoms with Gasteiger partial charge in [0.1, 0.15) is 5.75 Å². The first-order chi connectivity index (χ1) is 13.9. The summed E-state index contributed by atoms with van der Waals surface area (Å²) in [7, 11) is 0. The van der Waals surface area contributed by atoms with E-state index < -0.39 is 6.10 Å². The molecule has 0 bridgehead atoms. The molecule has 2 N–H and O–H groups in total. The average Bonchev–Trinajstić information content (AvgIpc) is 2.71. The number of hydrogen-bond donors (Lipinski definition) is 2. The molecular formula is C22H18BrClN2O3. The van der Waals surface area contributed by atoms with E-state index >= 15 is 0 Å². The number of rotatable bonds is 6. The molecular weight excluding hydrogens is 456 g/mol. The highest BCUT2D eigenvalue weighted by Gasteiger charge is 2.16. The molecule has 148 valence electrons. The molecule has 0 radical (unpaired) electrons. The van der Waals surface area contributed by atoms with Crippen molar-refractivity contribution in [1.29, 1.82) is 0 Å². The molecule has 3 aromatic rings. The van der Waals surface area contributed by atoms with Crippen LogP contribution in [0.2, 0.25) is 5.02 Å². The van der Waals surface area contributed by atoms with E-state index in [2.05, 4.69) is 26.6 Å². The highest BCUT2D eigenvalue weighted by Crippen LogP contribution is 2.24. The van der Waals surface area contributed by atoms with Crippen LogP contribution >= 0.6 is 27.5 Å². The van der Waals surface area contributed by atoms with Gasteiger partial charge < -0.3 is 15.4 Å². The number of para-hydroxylation sites is 1. The van der Waals surface area contributed by atoms with Gasteiger partial charge >= 0.3 is 0 Å². The monoisotopic (exact) mass is 472 g/mol. The zero-order valence-corrected chi connectivity index (χ0v) is 17.8. The summed E-state index contributed by atoms with van der Waals surface area (Å²) >= 11 is 9.40. The van der Waals surface area contributed by atoms with Gasteiger partial charge in [-0.15, -0.1) is 0 Å². The van der Waals surface area contributed by atoms with Gasteiger partial charge in [-0.2, -0.15) is 0 Å². The van der Waals surface area contributed by atoms with Crippen LogP contribution in [0.25, 0.3) is 0 Å². The number of carbonyl (C=O) groups is 2. The summed E-state index contributed by atoms with van der Waals surface area (Å²) in [5, 5.41) is 6.03. The highest BCUT2D eigenvalue weighted by atomic mass is 79.9. The van der Waals surface area contributed by atoms with Gasteiger partial charge in [-0.25, -0.2) is 0 Å². The maximum Gasteiger partial charge on any atom is 0.265 e. The average molecular weight is 474 g/mol. The largest absolute Gasteiger partial charge is 0.479 e. The second-order valence-electron chi connectivity index (χ2n) is 6.22. The van der Waals surface area contributed by atoms with E-state index in [9.17, 15) is 9.59 Å². The Labute approximate surface area is 182 Å². The van der Waals surface area contributed by atoms with Gasteiger partial charge in [0, 0.05) is 21.4 Å². The van der Waals surface area contributed by atoms with E-state index in [0.29, 0.717) is 27.7 Å². The number of benzene rings is 3. The number of hydrogen-bond acceptors (Lipinski definition) is 3. The fourth-order valence-electron chi connectivity index (χ4n) is 2.50. The molecule has 3 rings (SSSR count). The third kappa shape index (κ3) is 5.82. The second kappa shape index (κ2) is 9.58. The van der Waals surface area contributed by atoms with Crippen LogP contribution in [0, 0.1) is 0 Å². The molecule has 7 heteroatoms. The standard InChI is InChI=1S/C22H18BrClN2O3/c1-14(29-20-8-3-2-7-19(20)24)21(27)25-17-9-11-18(12-10-17)26-22(28)15-5-4-6-16(23)13-15/h2-14H,1H3,(H,25,27)(H,26,28). The number of halogens is 2. The van der Waals surface area contributed by atoms with Gasteiger partial charge in [0.25, 0.3) is 11.8 Å². The molecule has 0 saturated carbocycles. The molecule has 0 fully saturated rings. The van der Waals surface area contributed by atoms with Crippen molar-refractivity contribution < 1.29 is 14.3 Å². The second-order valence-corrected chi connectivity index (χ2v) is 7.54. The normalized spacial score (nSPS) is 11.4. The van der Waals surface area contributed by atoms with Crippen molar-refractivity contribution in [1.82, 2.24) is 0 Å². The summed E-state index contributed by atoms with van der Waals surface area (Å²) < 4.78 is 6.44. The molecule has 1 unspecified atom stereocenters. The van der Waals surface area contributed by atoms with Crippen molar-refractivity contribution >= 4 is 50.7 Å². The van der Waals surface area contributed by atoms with Crippen LogP contribution in [0.3, 0.4) is 0 Å². The molecule has 0 aromatic heterocycles. The quantitative estimate of drug-likeness (QED) is 0.478. The summed E-state index contributed by atoms with van der Waals surface area (Å²) in [5.41, 5.74) is 1.75. The minimum absolute atomic E-state index is 0.218. The fourth-order valence-corrected chi connectivity index (χ4v) is 3.08. The van der Waals surface area contributed by atoms with Crippen LogP contribution in [0.5, 0.6) is 5.75 Å². The zero-order valence-electron chi connectivity index (χ0n) is 15.5. The smallest absolute Gasteiger partial charge is 0.265 e. The number of nitrogens with one attached hydrogen (secondary N) is 2. The van der Waals surface area contributed by atoms with Gasteiger partial charge in [-0.1, -0.05) is 45.7 Å². The van der Waals surface area contributed by atoms with E-state index in [0.717, 1.165) is 4.47 Å². The van der Waals surface area contributed by atoms with Crippen molar-refractivity contribution in [2.45, 2.75) is 13.0 Å². The third-order valence-electron chi connectivity index (χ3n) is 4.01.